The molecule has 2 rings (SSSR count). The number of halogens is 2. The molecule has 1 unspecified atom stereocenters. The summed E-state index contributed by atoms with van der Waals surface area (Å²) in [6, 6.07) is 5.80. The van der Waals surface area contributed by atoms with Crippen LogP contribution in [-0.4, -0.2) is 23.4 Å². The highest BCUT2D eigenvalue weighted by molar-refractivity contribution is 9.10. The number of likely N-dealkylation sites (tertiary alicyclic amines) is 1. The molecule has 1 aromatic carbocycles. The Morgan fingerprint density at radius 3 is 3.00 bits per heavy atom. The summed E-state index contributed by atoms with van der Waals surface area (Å²) in [5.41, 5.74) is 0.603. The van der Waals surface area contributed by atoms with Crippen molar-refractivity contribution in [1.82, 2.24) is 4.90 Å². The normalized spacial score (nSPS) is 19.9. The van der Waals surface area contributed by atoms with Gasteiger partial charge in [-0.25, -0.2) is 0 Å². The van der Waals surface area contributed by atoms with E-state index in [2.05, 4.69) is 22.9 Å². The second kappa shape index (κ2) is 6.07. The highest BCUT2D eigenvalue weighted by Crippen LogP contribution is 2.26. The first-order valence-corrected chi connectivity index (χ1v) is 7.56. The number of nitrogens with zero attached hydrogens (tertiary/aromatic N) is 1. The first-order chi connectivity index (χ1) is 8.63. The molecular formula is C14H17BrClNO. The lowest BCUT2D eigenvalue weighted by Crippen LogP contribution is -2.43. The minimum Gasteiger partial charge on any atom is -0.336 e. The van der Waals surface area contributed by atoms with Gasteiger partial charge in [0.05, 0.1) is 10.6 Å². The van der Waals surface area contributed by atoms with Crippen LogP contribution in [0.1, 0.15) is 43.0 Å². The fraction of sp³-hybridized carbons (Fsp3) is 0.500. The summed E-state index contributed by atoms with van der Waals surface area (Å²) in [6.07, 6.45) is 4.42. The van der Waals surface area contributed by atoms with Crippen LogP contribution >= 0.6 is 27.5 Å². The highest BCUT2D eigenvalue weighted by Gasteiger charge is 2.27. The number of rotatable bonds is 2. The van der Waals surface area contributed by atoms with Gasteiger partial charge >= 0.3 is 0 Å². The molecule has 1 aliphatic heterocycles. The van der Waals surface area contributed by atoms with Gasteiger partial charge in [-0.1, -0.05) is 34.5 Å². The maximum Gasteiger partial charge on any atom is 0.255 e. The molecule has 0 saturated carbocycles. The van der Waals surface area contributed by atoms with E-state index in [9.17, 15) is 4.79 Å². The molecular weight excluding hydrogens is 314 g/mol. The first kappa shape index (κ1) is 13.9. The summed E-state index contributed by atoms with van der Waals surface area (Å²) in [5, 5.41) is 0.531. The van der Waals surface area contributed by atoms with Crippen molar-refractivity contribution >= 4 is 33.4 Å². The largest absolute Gasteiger partial charge is 0.336 e. The van der Waals surface area contributed by atoms with Crippen molar-refractivity contribution < 1.29 is 4.79 Å². The predicted octanol–water partition coefficient (Wildman–Crippen LogP) is 4.51. The number of hydrogen-bond acceptors (Lipinski definition) is 1. The zero-order valence-electron chi connectivity index (χ0n) is 10.5. The van der Waals surface area contributed by atoms with Crippen LogP contribution < -0.4 is 0 Å². The summed E-state index contributed by atoms with van der Waals surface area (Å²) >= 11 is 9.52. The van der Waals surface area contributed by atoms with Crippen molar-refractivity contribution in [1.29, 1.82) is 0 Å². The van der Waals surface area contributed by atoms with Crippen LogP contribution in [0.5, 0.6) is 0 Å². The van der Waals surface area contributed by atoms with E-state index in [0.29, 0.717) is 16.6 Å². The molecule has 0 N–H and O–H groups in total. The van der Waals surface area contributed by atoms with Crippen molar-refractivity contribution in [2.45, 2.75) is 38.6 Å². The van der Waals surface area contributed by atoms with Gasteiger partial charge in [0, 0.05) is 17.1 Å². The second-order valence-electron chi connectivity index (χ2n) is 4.68. The third-order valence-corrected chi connectivity index (χ3v) is 4.34. The van der Waals surface area contributed by atoms with Gasteiger partial charge in [0.2, 0.25) is 0 Å². The molecule has 4 heteroatoms. The molecule has 0 bridgehead atoms. The van der Waals surface area contributed by atoms with Crippen LogP contribution in [0.15, 0.2) is 22.7 Å². The maximum atomic E-state index is 12.6. The van der Waals surface area contributed by atoms with Gasteiger partial charge in [-0.15, -0.1) is 0 Å². The summed E-state index contributed by atoms with van der Waals surface area (Å²) < 4.78 is 0.889. The molecule has 98 valence electrons. The molecule has 18 heavy (non-hydrogen) atoms. The smallest absolute Gasteiger partial charge is 0.255 e. The Morgan fingerprint density at radius 1 is 1.50 bits per heavy atom. The summed E-state index contributed by atoms with van der Waals surface area (Å²) in [7, 11) is 0. The Bertz CT molecular complexity index is 449. The minimum atomic E-state index is 0.0628. The topological polar surface area (TPSA) is 20.3 Å². The Balaban J connectivity index is 2.26. The average molecular weight is 331 g/mol. The standard InChI is InChI=1S/C14H17BrClNO/c1-2-11-5-3-4-8-17(11)14(18)12-9-10(15)6-7-13(12)16/h6-7,9,11H,2-5,8H2,1H3. The van der Waals surface area contributed by atoms with Crippen molar-refractivity contribution in [3.8, 4) is 0 Å². The molecule has 1 heterocycles. The van der Waals surface area contributed by atoms with Gasteiger partial charge in [-0.05, 0) is 43.9 Å². The third kappa shape index (κ3) is 2.89. The number of carbonyl (C=O) groups is 1. The summed E-state index contributed by atoms with van der Waals surface area (Å²) in [5.74, 6) is 0.0628. The highest BCUT2D eigenvalue weighted by atomic mass is 79.9. The molecule has 0 spiro atoms. The van der Waals surface area contributed by atoms with Crippen molar-refractivity contribution in [3.05, 3.63) is 33.3 Å². The fourth-order valence-electron chi connectivity index (χ4n) is 2.51. The van der Waals surface area contributed by atoms with E-state index in [-0.39, 0.29) is 5.91 Å². The molecule has 1 aliphatic rings. The van der Waals surface area contributed by atoms with Crippen molar-refractivity contribution in [2.24, 2.45) is 0 Å². The quantitative estimate of drug-likeness (QED) is 0.781. The predicted molar refractivity (Wildman–Crippen MR) is 78.1 cm³/mol. The van der Waals surface area contributed by atoms with Crippen molar-refractivity contribution in [2.75, 3.05) is 6.54 Å². The Labute approximate surface area is 121 Å². The molecule has 0 radical (unpaired) electrons. The van der Waals surface area contributed by atoms with Gasteiger partial charge in [0.25, 0.3) is 5.91 Å². The lowest BCUT2D eigenvalue weighted by Gasteiger charge is -2.35. The maximum absolute atomic E-state index is 12.6. The molecule has 2 nitrogen and oxygen atoms in total. The number of carbonyl (C=O) groups excluding carboxylic acids is 1. The van der Waals surface area contributed by atoms with E-state index in [0.717, 1.165) is 30.3 Å². The zero-order chi connectivity index (χ0) is 13.1. The number of hydrogen-bond donors (Lipinski definition) is 0. The number of amides is 1. The van der Waals surface area contributed by atoms with E-state index in [4.69, 9.17) is 11.6 Å². The Morgan fingerprint density at radius 2 is 2.28 bits per heavy atom. The zero-order valence-corrected chi connectivity index (χ0v) is 12.8. The van der Waals surface area contributed by atoms with E-state index in [1.165, 1.54) is 6.42 Å². The first-order valence-electron chi connectivity index (χ1n) is 6.39. The lowest BCUT2D eigenvalue weighted by atomic mass is 9.99. The third-order valence-electron chi connectivity index (χ3n) is 3.52. The van der Waals surface area contributed by atoms with E-state index < -0.39 is 0 Å². The molecule has 1 atom stereocenters. The van der Waals surface area contributed by atoms with Gasteiger partial charge in [-0.3, -0.25) is 4.79 Å². The summed E-state index contributed by atoms with van der Waals surface area (Å²) in [6.45, 7) is 2.99. The molecule has 1 amide bonds. The van der Waals surface area contributed by atoms with Crippen LogP contribution in [0, 0.1) is 0 Å². The van der Waals surface area contributed by atoms with Gasteiger partial charge in [0.1, 0.15) is 0 Å². The van der Waals surface area contributed by atoms with E-state index >= 15 is 0 Å². The molecule has 1 aromatic rings. The van der Waals surface area contributed by atoms with Crippen LogP contribution in [0.2, 0.25) is 5.02 Å². The molecule has 0 aromatic heterocycles. The average Bonchev–Trinajstić information content (AvgIpc) is 2.40. The lowest BCUT2D eigenvalue weighted by molar-refractivity contribution is 0.0608. The van der Waals surface area contributed by atoms with Crippen LogP contribution in [-0.2, 0) is 0 Å². The van der Waals surface area contributed by atoms with Gasteiger partial charge < -0.3 is 4.90 Å². The number of benzene rings is 1. The second-order valence-corrected chi connectivity index (χ2v) is 6.00. The van der Waals surface area contributed by atoms with Crippen LogP contribution in [0.3, 0.4) is 0 Å². The minimum absolute atomic E-state index is 0.0628. The molecule has 1 fully saturated rings. The Hall–Kier alpha value is -0.540. The summed E-state index contributed by atoms with van der Waals surface area (Å²) in [4.78, 5) is 14.5. The fourth-order valence-corrected chi connectivity index (χ4v) is 3.07. The van der Waals surface area contributed by atoms with Crippen LogP contribution in [0.4, 0.5) is 0 Å². The monoisotopic (exact) mass is 329 g/mol. The SMILES string of the molecule is CCC1CCCCN1C(=O)c1cc(Br)ccc1Cl. The molecule has 0 aliphatic carbocycles. The Kier molecular flexibility index (Phi) is 4.68. The van der Waals surface area contributed by atoms with E-state index in [1.807, 2.05) is 17.0 Å². The van der Waals surface area contributed by atoms with Gasteiger partial charge in [-0.2, -0.15) is 0 Å². The van der Waals surface area contributed by atoms with E-state index in [1.54, 1.807) is 6.07 Å². The van der Waals surface area contributed by atoms with Crippen LogP contribution in [0.25, 0.3) is 0 Å². The number of piperidine rings is 1. The van der Waals surface area contributed by atoms with Gasteiger partial charge in [0.15, 0.2) is 0 Å². The van der Waals surface area contributed by atoms with Crippen molar-refractivity contribution in [3.63, 3.8) is 0 Å². The molecule has 1 saturated heterocycles.